The lowest BCUT2D eigenvalue weighted by Gasteiger charge is -2.02. The quantitative estimate of drug-likeness (QED) is 0.813. The molecule has 0 aromatic carbocycles. The number of nitrogens with one attached hydrogen (secondary N) is 1. The summed E-state index contributed by atoms with van der Waals surface area (Å²) in [6.07, 6.45) is 2.16. The van der Waals surface area contributed by atoms with Crippen LogP contribution in [0.25, 0.3) is 0 Å². The van der Waals surface area contributed by atoms with Crippen LogP contribution in [-0.4, -0.2) is 27.1 Å². The van der Waals surface area contributed by atoms with Crippen LogP contribution in [-0.2, 0) is 17.6 Å². The van der Waals surface area contributed by atoms with E-state index in [2.05, 4.69) is 15.5 Å². The number of aromatic nitrogens is 2. The minimum Gasteiger partial charge on any atom is -0.478 e. The third-order valence-electron chi connectivity index (χ3n) is 2.70. The first-order valence-corrected chi connectivity index (χ1v) is 7.40. The molecule has 0 aliphatic carbocycles. The Morgan fingerprint density at radius 3 is 2.95 bits per heavy atom. The summed E-state index contributed by atoms with van der Waals surface area (Å²) in [4.78, 5) is 26.9. The van der Waals surface area contributed by atoms with Gasteiger partial charge in [-0.3, -0.25) is 4.79 Å². The van der Waals surface area contributed by atoms with Gasteiger partial charge in [0, 0.05) is 19.3 Å². The van der Waals surface area contributed by atoms with Crippen molar-refractivity contribution in [1.82, 2.24) is 10.1 Å². The molecule has 0 aliphatic rings. The Kier molecular flexibility index (Phi) is 5.04. The number of thiophene rings is 1. The van der Waals surface area contributed by atoms with Crippen molar-refractivity contribution in [3.63, 3.8) is 0 Å². The summed E-state index contributed by atoms with van der Waals surface area (Å²) in [5, 5.41) is 17.3. The van der Waals surface area contributed by atoms with E-state index in [1.807, 2.05) is 6.92 Å². The van der Waals surface area contributed by atoms with E-state index in [0.29, 0.717) is 23.1 Å². The number of nitrogens with zero attached hydrogens (tertiary/aromatic N) is 2. The van der Waals surface area contributed by atoms with Crippen molar-refractivity contribution in [2.24, 2.45) is 0 Å². The first-order valence-electron chi connectivity index (χ1n) is 6.52. The fourth-order valence-corrected chi connectivity index (χ4v) is 2.50. The largest absolute Gasteiger partial charge is 0.478 e. The zero-order chi connectivity index (χ0) is 15.2. The summed E-state index contributed by atoms with van der Waals surface area (Å²) >= 11 is 1.17. The molecule has 0 aliphatic heterocycles. The van der Waals surface area contributed by atoms with Crippen LogP contribution in [0.4, 0.5) is 5.00 Å². The monoisotopic (exact) mass is 309 g/mol. The number of anilines is 1. The van der Waals surface area contributed by atoms with E-state index in [1.54, 1.807) is 5.38 Å². The molecule has 7 nitrogen and oxygen atoms in total. The topological polar surface area (TPSA) is 105 Å². The summed E-state index contributed by atoms with van der Waals surface area (Å²) in [6.45, 7) is 2.02. The number of carboxylic acids is 1. The Bertz CT molecular complexity index is 635. The van der Waals surface area contributed by atoms with Gasteiger partial charge in [0.2, 0.25) is 11.8 Å². The number of aryl methyl sites for hydroxylation is 2. The number of hydrogen-bond donors (Lipinski definition) is 2. The van der Waals surface area contributed by atoms with Crippen LogP contribution in [0.15, 0.2) is 16.0 Å². The van der Waals surface area contributed by atoms with Crippen LogP contribution in [0.5, 0.6) is 0 Å². The number of carbonyl (C=O) groups is 2. The van der Waals surface area contributed by atoms with Crippen molar-refractivity contribution in [1.29, 1.82) is 0 Å². The summed E-state index contributed by atoms with van der Waals surface area (Å²) < 4.78 is 5.03. The van der Waals surface area contributed by atoms with Gasteiger partial charge < -0.3 is 14.9 Å². The van der Waals surface area contributed by atoms with Crippen LogP contribution in [0.3, 0.4) is 0 Å². The van der Waals surface area contributed by atoms with Crippen molar-refractivity contribution >= 4 is 28.2 Å². The molecule has 0 saturated carbocycles. The van der Waals surface area contributed by atoms with Crippen LogP contribution in [0.1, 0.15) is 41.8 Å². The van der Waals surface area contributed by atoms with Crippen LogP contribution >= 0.6 is 11.3 Å². The molecule has 2 rings (SSSR count). The average molecular weight is 309 g/mol. The van der Waals surface area contributed by atoms with Gasteiger partial charge in [0.15, 0.2) is 5.82 Å². The number of carboxylic acid groups (broad SMARTS) is 1. The van der Waals surface area contributed by atoms with E-state index in [1.165, 1.54) is 17.4 Å². The molecular weight excluding hydrogens is 294 g/mol. The fraction of sp³-hybridized carbons (Fsp3) is 0.385. The molecule has 1 amide bonds. The zero-order valence-electron chi connectivity index (χ0n) is 11.5. The summed E-state index contributed by atoms with van der Waals surface area (Å²) in [6, 6.07) is 1.46. The second kappa shape index (κ2) is 6.98. The SMILES string of the molecule is CCCc1noc(CCC(=O)Nc2sccc2C(=O)O)n1. The maximum atomic E-state index is 11.8. The third-order valence-corrected chi connectivity index (χ3v) is 3.53. The Morgan fingerprint density at radius 2 is 2.24 bits per heavy atom. The van der Waals surface area contributed by atoms with E-state index in [9.17, 15) is 9.59 Å². The highest BCUT2D eigenvalue weighted by Gasteiger charge is 2.14. The molecule has 112 valence electrons. The molecule has 0 radical (unpaired) electrons. The number of carbonyl (C=O) groups excluding carboxylic acids is 1. The van der Waals surface area contributed by atoms with E-state index in [4.69, 9.17) is 9.63 Å². The van der Waals surface area contributed by atoms with Gasteiger partial charge in [-0.05, 0) is 17.9 Å². The third kappa shape index (κ3) is 4.12. The lowest BCUT2D eigenvalue weighted by atomic mass is 10.2. The molecule has 0 saturated heterocycles. The van der Waals surface area contributed by atoms with Crippen LogP contribution < -0.4 is 5.32 Å². The molecular formula is C13H15N3O4S. The lowest BCUT2D eigenvalue weighted by molar-refractivity contribution is -0.116. The van der Waals surface area contributed by atoms with Gasteiger partial charge >= 0.3 is 5.97 Å². The van der Waals surface area contributed by atoms with Gasteiger partial charge in [-0.2, -0.15) is 4.98 Å². The van der Waals surface area contributed by atoms with Gasteiger partial charge in [0.25, 0.3) is 0 Å². The first-order chi connectivity index (χ1) is 10.1. The van der Waals surface area contributed by atoms with Gasteiger partial charge in [-0.1, -0.05) is 12.1 Å². The molecule has 2 aromatic heterocycles. The average Bonchev–Trinajstić information content (AvgIpc) is 3.06. The molecule has 8 heteroatoms. The summed E-state index contributed by atoms with van der Waals surface area (Å²) in [5.74, 6) is -0.291. The Labute approximate surface area is 125 Å². The highest BCUT2D eigenvalue weighted by Crippen LogP contribution is 2.23. The molecule has 0 fully saturated rings. The molecule has 0 unspecified atom stereocenters. The molecule has 0 bridgehead atoms. The molecule has 2 aromatic rings. The van der Waals surface area contributed by atoms with Crippen molar-refractivity contribution in [2.75, 3.05) is 5.32 Å². The van der Waals surface area contributed by atoms with Gasteiger partial charge in [-0.15, -0.1) is 11.3 Å². The van der Waals surface area contributed by atoms with Gasteiger partial charge in [0.05, 0.1) is 5.56 Å². The van der Waals surface area contributed by atoms with Gasteiger partial charge in [0.1, 0.15) is 5.00 Å². The number of amides is 1. The van der Waals surface area contributed by atoms with E-state index in [0.717, 1.165) is 12.8 Å². The zero-order valence-corrected chi connectivity index (χ0v) is 12.3. The first kappa shape index (κ1) is 15.2. The normalized spacial score (nSPS) is 10.5. The van der Waals surface area contributed by atoms with Gasteiger partial charge in [-0.25, -0.2) is 4.79 Å². The second-order valence-electron chi connectivity index (χ2n) is 4.37. The van der Waals surface area contributed by atoms with Crippen molar-refractivity contribution < 1.29 is 19.2 Å². The second-order valence-corrected chi connectivity index (χ2v) is 5.29. The molecule has 0 atom stereocenters. The molecule has 2 heterocycles. The highest BCUT2D eigenvalue weighted by molar-refractivity contribution is 7.14. The lowest BCUT2D eigenvalue weighted by Crippen LogP contribution is -2.13. The van der Waals surface area contributed by atoms with Crippen LogP contribution in [0.2, 0.25) is 0 Å². The molecule has 21 heavy (non-hydrogen) atoms. The Hall–Kier alpha value is -2.22. The molecule has 2 N–H and O–H groups in total. The summed E-state index contributed by atoms with van der Waals surface area (Å²) in [7, 11) is 0. The van der Waals surface area contributed by atoms with Crippen molar-refractivity contribution in [3.8, 4) is 0 Å². The number of aromatic carboxylic acids is 1. The smallest absolute Gasteiger partial charge is 0.338 e. The predicted molar refractivity (Wildman–Crippen MR) is 76.5 cm³/mol. The molecule has 0 spiro atoms. The standard InChI is InChI=1S/C13H15N3O4S/c1-2-3-9-14-11(20-16-9)5-4-10(17)15-12-8(13(18)19)6-7-21-12/h6-7H,2-5H2,1H3,(H,15,17)(H,18,19). The Morgan fingerprint density at radius 1 is 1.43 bits per heavy atom. The van der Waals surface area contributed by atoms with Crippen molar-refractivity contribution in [2.45, 2.75) is 32.6 Å². The van der Waals surface area contributed by atoms with E-state index >= 15 is 0 Å². The maximum absolute atomic E-state index is 11.8. The summed E-state index contributed by atoms with van der Waals surface area (Å²) in [5.41, 5.74) is 0.0939. The fourth-order valence-electron chi connectivity index (χ4n) is 1.70. The van der Waals surface area contributed by atoms with E-state index < -0.39 is 5.97 Å². The minimum atomic E-state index is -1.06. The Balaban J connectivity index is 1.86. The number of rotatable bonds is 7. The highest BCUT2D eigenvalue weighted by atomic mass is 32.1. The number of hydrogen-bond acceptors (Lipinski definition) is 6. The minimum absolute atomic E-state index is 0.0939. The predicted octanol–water partition coefficient (Wildman–Crippen LogP) is 2.35. The van der Waals surface area contributed by atoms with Crippen molar-refractivity contribution in [3.05, 3.63) is 28.7 Å². The van der Waals surface area contributed by atoms with Crippen LogP contribution in [0, 0.1) is 0 Å². The maximum Gasteiger partial charge on any atom is 0.338 e. The van der Waals surface area contributed by atoms with E-state index in [-0.39, 0.29) is 17.9 Å².